The predicted molar refractivity (Wildman–Crippen MR) is 188 cm³/mol. The standard InChI is InChI=1S/C18H25N3O3.C17H23N3O3/c1-12-10-17(22)24-16-11-13(7-8-14(12)16)21-18(23)15(20-3)6-4-5-9-19-2;1-11-9-16(21)23-15-10-12(6-7-13(11)15)20-17(22)14(18)5-3-4-8-19-2/h7-8,10-11,15,19-20H,4-6,9H2,1-3H3,(H,21,23);6-7,9-10,14,19H,3-5,8,18H2,1-2H3,(H,20,22). The van der Waals surface area contributed by atoms with E-state index < -0.39 is 11.7 Å². The summed E-state index contributed by atoms with van der Waals surface area (Å²) in [6, 6.07) is 12.7. The van der Waals surface area contributed by atoms with Gasteiger partial charge in [-0.15, -0.1) is 0 Å². The van der Waals surface area contributed by atoms with E-state index in [2.05, 4.69) is 26.6 Å². The minimum Gasteiger partial charge on any atom is -0.423 e. The van der Waals surface area contributed by atoms with Crippen LogP contribution < -0.4 is 43.6 Å². The van der Waals surface area contributed by atoms with E-state index in [0.717, 1.165) is 67.1 Å². The van der Waals surface area contributed by atoms with Gasteiger partial charge in [0, 0.05) is 46.4 Å². The molecule has 12 nitrogen and oxygen atoms in total. The van der Waals surface area contributed by atoms with Crippen molar-refractivity contribution in [2.45, 2.75) is 64.5 Å². The maximum absolute atomic E-state index is 12.4. The van der Waals surface area contributed by atoms with E-state index in [-0.39, 0.29) is 23.5 Å². The molecule has 0 spiro atoms. The first-order chi connectivity index (χ1) is 22.6. The third kappa shape index (κ3) is 11.4. The van der Waals surface area contributed by atoms with Gasteiger partial charge in [-0.3, -0.25) is 9.59 Å². The molecule has 7 N–H and O–H groups in total. The summed E-state index contributed by atoms with van der Waals surface area (Å²) in [6.07, 6.45) is 5.27. The van der Waals surface area contributed by atoms with Gasteiger partial charge in [0.05, 0.1) is 12.1 Å². The fraction of sp³-hybridized carbons (Fsp3) is 0.429. The quantitative estimate of drug-likeness (QED) is 0.0820. The van der Waals surface area contributed by atoms with Gasteiger partial charge in [-0.1, -0.05) is 12.8 Å². The van der Waals surface area contributed by atoms with E-state index in [1.165, 1.54) is 12.1 Å². The lowest BCUT2D eigenvalue weighted by Crippen LogP contribution is -2.38. The number of rotatable bonds is 15. The number of carbonyl (C=O) groups is 2. The first kappa shape index (κ1) is 37.1. The SMILES string of the molecule is CNCCCCC(N)C(=O)Nc1ccc2c(C)cc(=O)oc2c1.CNCCCCC(NC)C(=O)Nc1ccc2c(C)cc(=O)oc2c1. The summed E-state index contributed by atoms with van der Waals surface area (Å²) in [5.74, 6) is -0.319. The Kier molecular flexibility index (Phi) is 14.8. The number of amides is 2. The predicted octanol–water partition coefficient (Wildman–Crippen LogP) is 3.77. The Balaban J connectivity index is 0.000000256. The fourth-order valence-corrected chi connectivity index (χ4v) is 5.12. The lowest BCUT2D eigenvalue weighted by atomic mass is 10.1. The van der Waals surface area contributed by atoms with Crippen LogP contribution in [0.4, 0.5) is 11.4 Å². The highest BCUT2D eigenvalue weighted by Gasteiger charge is 2.17. The minimum absolute atomic E-state index is 0.0868. The maximum atomic E-state index is 12.4. The zero-order chi connectivity index (χ0) is 34.3. The summed E-state index contributed by atoms with van der Waals surface area (Å²) >= 11 is 0. The van der Waals surface area contributed by atoms with Gasteiger partial charge < -0.3 is 41.2 Å². The molecule has 12 heteroatoms. The molecular weight excluding hydrogens is 600 g/mol. The van der Waals surface area contributed by atoms with Crippen LogP contribution >= 0.6 is 0 Å². The summed E-state index contributed by atoms with van der Waals surface area (Å²) in [4.78, 5) is 47.4. The molecule has 0 bridgehead atoms. The van der Waals surface area contributed by atoms with E-state index >= 15 is 0 Å². The molecule has 0 fully saturated rings. The zero-order valence-electron chi connectivity index (χ0n) is 28.0. The smallest absolute Gasteiger partial charge is 0.336 e. The lowest BCUT2D eigenvalue weighted by molar-refractivity contribution is -0.118. The van der Waals surface area contributed by atoms with E-state index in [0.29, 0.717) is 29.0 Å². The van der Waals surface area contributed by atoms with Crippen LogP contribution in [0.3, 0.4) is 0 Å². The molecule has 2 heterocycles. The number of nitrogens with one attached hydrogen (secondary N) is 5. The molecule has 0 aliphatic rings. The average molecular weight is 649 g/mol. The van der Waals surface area contributed by atoms with Gasteiger partial charge in [-0.2, -0.15) is 0 Å². The van der Waals surface area contributed by atoms with Gasteiger partial charge >= 0.3 is 11.3 Å². The maximum Gasteiger partial charge on any atom is 0.336 e. The molecule has 2 aromatic heterocycles. The van der Waals surface area contributed by atoms with Crippen LogP contribution in [0, 0.1) is 13.8 Å². The number of nitrogens with two attached hydrogens (primary N) is 1. The van der Waals surface area contributed by atoms with Crippen molar-refractivity contribution in [2.75, 3.05) is 44.9 Å². The molecule has 2 amide bonds. The van der Waals surface area contributed by atoms with Crippen molar-refractivity contribution in [1.29, 1.82) is 0 Å². The summed E-state index contributed by atoms with van der Waals surface area (Å²) in [6.45, 7) is 5.57. The summed E-state index contributed by atoms with van der Waals surface area (Å²) in [5.41, 5.74) is 8.94. The number of benzene rings is 2. The van der Waals surface area contributed by atoms with Gasteiger partial charge in [0.15, 0.2) is 0 Å². The second kappa shape index (κ2) is 18.7. The monoisotopic (exact) mass is 648 g/mol. The minimum atomic E-state index is -0.549. The highest BCUT2D eigenvalue weighted by atomic mass is 16.4. The highest BCUT2D eigenvalue weighted by Crippen LogP contribution is 2.22. The largest absolute Gasteiger partial charge is 0.423 e. The molecule has 2 unspecified atom stereocenters. The molecule has 0 aliphatic carbocycles. The van der Waals surface area contributed by atoms with Crippen molar-refractivity contribution < 1.29 is 18.4 Å². The number of fused-ring (bicyclic) bond motifs is 2. The molecule has 2 aromatic carbocycles. The van der Waals surface area contributed by atoms with Crippen LogP contribution in [0.25, 0.3) is 21.9 Å². The Labute approximate surface area is 274 Å². The molecule has 4 rings (SSSR count). The number of anilines is 2. The summed E-state index contributed by atoms with van der Waals surface area (Å²) in [5, 5.41) is 16.6. The van der Waals surface area contributed by atoms with E-state index in [4.69, 9.17) is 14.6 Å². The summed E-state index contributed by atoms with van der Waals surface area (Å²) < 4.78 is 10.4. The van der Waals surface area contributed by atoms with Gasteiger partial charge in [-0.05, 0) is 109 Å². The molecule has 254 valence electrons. The normalized spacial score (nSPS) is 12.3. The number of unbranched alkanes of at least 4 members (excludes halogenated alkanes) is 2. The highest BCUT2D eigenvalue weighted by molar-refractivity contribution is 5.97. The van der Waals surface area contributed by atoms with Crippen LogP contribution in [-0.2, 0) is 9.59 Å². The van der Waals surface area contributed by atoms with Gasteiger partial charge in [-0.25, -0.2) is 9.59 Å². The molecule has 0 aliphatic heterocycles. The number of carbonyl (C=O) groups excluding carboxylic acids is 2. The number of aryl methyl sites for hydroxylation is 2. The third-order valence-corrected chi connectivity index (χ3v) is 7.80. The lowest BCUT2D eigenvalue weighted by Gasteiger charge is -2.16. The van der Waals surface area contributed by atoms with Gasteiger partial charge in [0.2, 0.25) is 11.8 Å². The van der Waals surface area contributed by atoms with Crippen LogP contribution in [0.5, 0.6) is 0 Å². The second-order valence-corrected chi connectivity index (χ2v) is 11.5. The van der Waals surface area contributed by atoms with E-state index in [9.17, 15) is 19.2 Å². The van der Waals surface area contributed by atoms with Crippen LogP contribution in [0.1, 0.15) is 49.7 Å². The van der Waals surface area contributed by atoms with Crippen LogP contribution in [-0.4, -0.2) is 58.1 Å². The summed E-state index contributed by atoms with van der Waals surface area (Å²) in [7, 11) is 5.60. The Bertz CT molecular complexity index is 1750. The Morgan fingerprint density at radius 3 is 1.62 bits per heavy atom. The van der Waals surface area contributed by atoms with Gasteiger partial charge in [0.25, 0.3) is 0 Å². The van der Waals surface area contributed by atoms with Crippen molar-refractivity contribution >= 4 is 45.1 Å². The zero-order valence-corrected chi connectivity index (χ0v) is 28.0. The number of hydrogen-bond donors (Lipinski definition) is 6. The molecule has 0 saturated carbocycles. The molecule has 47 heavy (non-hydrogen) atoms. The molecule has 4 aromatic rings. The van der Waals surface area contributed by atoms with Crippen molar-refractivity contribution in [1.82, 2.24) is 16.0 Å². The fourth-order valence-electron chi connectivity index (χ4n) is 5.12. The molecule has 0 saturated heterocycles. The van der Waals surface area contributed by atoms with Crippen molar-refractivity contribution in [3.05, 3.63) is 80.5 Å². The Hall–Kier alpha value is -4.36. The Morgan fingerprint density at radius 1 is 0.681 bits per heavy atom. The van der Waals surface area contributed by atoms with E-state index in [1.54, 1.807) is 25.2 Å². The Morgan fingerprint density at radius 2 is 1.15 bits per heavy atom. The van der Waals surface area contributed by atoms with Crippen LogP contribution in [0.15, 0.2) is 67.0 Å². The first-order valence-electron chi connectivity index (χ1n) is 16.0. The molecule has 2 atom stereocenters. The van der Waals surface area contributed by atoms with Crippen molar-refractivity contribution in [3.8, 4) is 0 Å². The second-order valence-electron chi connectivity index (χ2n) is 11.5. The van der Waals surface area contributed by atoms with Crippen molar-refractivity contribution in [2.24, 2.45) is 5.73 Å². The first-order valence-corrected chi connectivity index (χ1v) is 16.0. The number of hydrogen-bond acceptors (Lipinski definition) is 10. The molecular formula is C35H48N6O6. The van der Waals surface area contributed by atoms with E-state index in [1.807, 2.05) is 46.1 Å². The average Bonchev–Trinajstić information content (AvgIpc) is 3.02. The van der Waals surface area contributed by atoms with Crippen LogP contribution in [0.2, 0.25) is 0 Å². The third-order valence-electron chi connectivity index (χ3n) is 7.80. The van der Waals surface area contributed by atoms with Gasteiger partial charge in [0.1, 0.15) is 11.2 Å². The van der Waals surface area contributed by atoms with Crippen molar-refractivity contribution in [3.63, 3.8) is 0 Å². The molecule has 0 radical (unpaired) electrons. The number of likely N-dealkylation sites (N-methyl/N-ethyl adjacent to an activating group) is 1. The topological polar surface area (TPSA) is 181 Å².